The molecule has 0 saturated heterocycles. The standard InChI is InChI=1S/C12H15N3O2S2/c1-4-7-18-12-13-10-6-5-9(15(2)3)8-11(10)19(16,17)14-12/h4-6,8H,1,7H2,2-3H3,(H,13,14). The first kappa shape index (κ1) is 14.0. The first-order valence-electron chi connectivity index (χ1n) is 5.61. The molecule has 1 aromatic carbocycles. The summed E-state index contributed by atoms with van der Waals surface area (Å²) in [7, 11) is 0.0867. The molecular formula is C12H15N3O2S2. The van der Waals surface area contributed by atoms with E-state index in [-0.39, 0.29) is 4.90 Å². The summed E-state index contributed by atoms with van der Waals surface area (Å²) in [6, 6.07) is 5.24. The Morgan fingerprint density at radius 1 is 1.47 bits per heavy atom. The minimum Gasteiger partial charge on any atom is -0.378 e. The lowest BCUT2D eigenvalue weighted by Gasteiger charge is -2.20. The number of sulfonamides is 1. The van der Waals surface area contributed by atoms with E-state index in [0.717, 1.165) is 5.69 Å². The van der Waals surface area contributed by atoms with E-state index in [1.807, 2.05) is 25.1 Å². The van der Waals surface area contributed by atoms with E-state index in [9.17, 15) is 8.42 Å². The van der Waals surface area contributed by atoms with Crippen molar-refractivity contribution in [1.82, 2.24) is 0 Å². The van der Waals surface area contributed by atoms with Crippen LogP contribution in [0.2, 0.25) is 0 Å². The fourth-order valence-corrected chi connectivity index (χ4v) is 3.59. The van der Waals surface area contributed by atoms with Gasteiger partial charge in [-0.2, -0.15) is 8.42 Å². The Balaban J connectivity index is 2.42. The van der Waals surface area contributed by atoms with E-state index in [1.54, 1.807) is 18.2 Å². The summed E-state index contributed by atoms with van der Waals surface area (Å²) in [4.78, 5) is 2.06. The first-order chi connectivity index (χ1) is 8.94. The molecule has 0 amide bonds. The van der Waals surface area contributed by atoms with Crippen LogP contribution in [0, 0.1) is 0 Å². The topological polar surface area (TPSA) is 61.8 Å². The molecule has 1 N–H and O–H groups in total. The fourth-order valence-electron chi connectivity index (χ4n) is 1.60. The molecule has 7 heteroatoms. The third-order valence-electron chi connectivity index (χ3n) is 2.54. The van der Waals surface area contributed by atoms with Crippen LogP contribution in [0.25, 0.3) is 0 Å². The van der Waals surface area contributed by atoms with Gasteiger partial charge in [0.2, 0.25) is 0 Å². The second-order valence-corrected chi connectivity index (χ2v) is 6.75. The fraction of sp³-hybridized carbons (Fsp3) is 0.250. The number of amidine groups is 1. The zero-order valence-corrected chi connectivity index (χ0v) is 12.4. The molecular weight excluding hydrogens is 282 g/mol. The smallest absolute Gasteiger partial charge is 0.286 e. The number of nitrogens with zero attached hydrogens (tertiary/aromatic N) is 2. The Kier molecular flexibility index (Phi) is 3.86. The van der Waals surface area contributed by atoms with Crippen molar-refractivity contribution < 1.29 is 8.42 Å². The molecule has 0 saturated carbocycles. The van der Waals surface area contributed by atoms with Gasteiger partial charge < -0.3 is 10.2 Å². The van der Waals surface area contributed by atoms with Crippen LogP contribution in [0.15, 0.2) is 40.1 Å². The quantitative estimate of drug-likeness (QED) is 0.866. The van der Waals surface area contributed by atoms with Crippen LogP contribution in [-0.4, -0.2) is 33.4 Å². The number of nitrogens with one attached hydrogen (secondary N) is 1. The molecule has 102 valence electrons. The van der Waals surface area contributed by atoms with Gasteiger partial charge in [-0.15, -0.1) is 11.0 Å². The van der Waals surface area contributed by atoms with Gasteiger partial charge in [0, 0.05) is 25.5 Å². The SMILES string of the molecule is C=CCSC1=NS(=O)(=O)c2cc(N(C)C)ccc2N1. The molecule has 1 aromatic rings. The Morgan fingerprint density at radius 2 is 2.21 bits per heavy atom. The molecule has 0 bridgehead atoms. The van der Waals surface area contributed by atoms with Crippen molar-refractivity contribution in [3.63, 3.8) is 0 Å². The van der Waals surface area contributed by atoms with Crippen molar-refractivity contribution in [1.29, 1.82) is 0 Å². The second kappa shape index (κ2) is 5.26. The maximum absolute atomic E-state index is 12.1. The molecule has 0 unspecified atom stereocenters. The summed E-state index contributed by atoms with van der Waals surface area (Å²) in [6.45, 7) is 3.60. The Hall–Kier alpha value is -1.47. The number of hydrogen-bond acceptors (Lipinski definition) is 5. The Labute approximate surface area is 117 Å². The summed E-state index contributed by atoms with van der Waals surface area (Å²) >= 11 is 1.30. The summed E-state index contributed by atoms with van der Waals surface area (Å²) in [5.41, 5.74) is 1.38. The van der Waals surface area contributed by atoms with Gasteiger partial charge in [0.25, 0.3) is 10.0 Å². The second-order valence-electron chi connectivity index (χ2n) is 4.17. The third kappa shape index (κ3) is 2.93. The molecule has 2 rings (SSSR count). The van der Waals surface area contributed by atoms with E-state index in [2.05, 4.69) is 16.3 Å². The van der Waals surface area contributed by atoms with Gasteiger partial charge >= 0.3 is 0 Å². The molecule has 0 radical (unpaired) electrons. The highest BCUT2D eigenvalue weighted by molar-refractivity contribution is 8.15. The number of thioether (sulfide) groups is 1. The van der Waals surface area contributed by atoms with Crippen molar-refractivity contribution in [2.24, 2.45) is 4.40 Å². The maximum Gasteiger partial charge on any atom is 0.286 e. The van der Waals surface area contributed by atoms with Gasteiger partial charge in [-0.1, -0.05) is 17.8 Å². The lowest BCUT2D eigenvalue weighted by molar-refractivity contribution is 0.598. The molecule has 0 aliphatic carbocycles. The molecule has 5 nitrogen and oxygen atoms in total. The van der Waals surface area contributed by atoms with Crippen LogP contribution in [-0.2, 0) is 10.0 Å². The molecule has 0 fully saturated rings. The van der Waals surface area contributed by atoms with Crippen LogP contribution in [0.4, 0.5) is 11.4 Å². The van der Waals surface area contributed by atoms with Gasteiger partial charge in [-0.05, 0) is 18.2 Å². The summed E-state index contributed by atoms with van der Waals surface area (Å²) in [6.07, 6.45) is 1.70. The normalized spacial score (nSPS) is 16.0. The minimum absolute atomic E-state index is 0.210. The lowest BCUT2D eigenvalue weighted by atomic mass is 10.2. The average molecular weight is 297 g/mol. The van der Waals surface area contributed by atoms with Gasteiger partial charge in [0.05, 0.1) is 5.69 Å². The van der Waals surface area contributed by atoms with Crippen molar-refractivity contribution >= 4 is 38.3 Å². The molecule has 1 heterocycles. The van der Waals surface area contributed by atoms with Crippen molar-refractivity contribution in [3.8, 4) is 0 Å². The zero-order chi connectivity index (χ0) is 14.0. The van der Waals surface area contributed by atoms with Crippen molar-refractivity contribution in [3.05, 3.63) is 30.9 Å². The number of fused-ring (bicyclic) bond motifs is 1. The molecule has 0 spiro atoms. The first-order valence-corrected chi connectivity index (χ1v) is 8.03. The van der Waals surface area contributed by atoms with E-state index in [0.29, 0.717) is 16.6 Å². The highest BCUT2D eigenvalue weighted by Gasteiger charge is 2.25. The molecule has 19 heavy (non-hydrogen) atoms. The number of rotatable bonds is 3. The molecule has 0 aromatic heterocycles. The Morgan fingerprint density at radius 3 is 2.84 bits per heavy atom. The Bertz CT molecular complexity index is 636. The maximum atomic E-state index is 12.1. The van der Waals surface area contributed by atoms with Crippen molar-refractivity contribution in [2.75, 3.05) is 30.1 Å². The summed E-state index contributed by atoms with van der Waals surface area (Å²) in [5, 5.41) is 3.40. The predicted octanol–water partition coefficient (Wildman–Crippen LogP) is 2.14. The molecule has 1 aliphatic rings. The predicted molar refractivity (Wildman–Crippen MR) is 81.7 cm³/mol. The summed E-state index contributed by atoms with van der Waals surface area (Å²) < 4.78 is 28.0. The highest BCUT2D eigenvalue weighted by atomic mass is 32.2. The zero-order valence-electron chi connectivity index (χ0n) is 10.8. The number of benzene rings is 1. The van der Waals surface area contributed by atoms with E-state index >= 15 is 0 Å². The largest absolute Gasteiger partial charge is 0.378 e. The summed E-state index contributed by atoms with van der Waals surface area (Å²) in [5.74, 6) is 0.604. The average Bonchev–Trinajstić information content (AvgIpc) is 2.35. The lowest BCUT2D eigenvalue weighted by Crippen LogP contribution is -2.20. The van der Waals surface area contributed by atoms with Crippen LogP contribution in [0.1, 0.15) is 0 Å². The van der Waals surface area contributed by atoms with Crippen LogP contribution >= 0.6 is 11.8 Å². The van der Waals surface area contributed by atoms with Gasteiger partial charge in [-0.25, -0.2) is 0 Å². The molecule has 1 aliphatic heterocycles. The molecule has 0 atom stereocenters. The van der Waals surface area contributed by atoms with Crippen LogP contribution in [0.5, 0.6) is 0 Å². The van der Waals surface area contributed by atoms with E-state index in [1.165, 1.54) is 11.8 Å². The number of anilines is 2. The van der Waals surface area contributed by atoms with E-state index in [4.69, 9.17) is 0 Å². The minimum atomic E-state index is -3.63. The highest BCUT2D eigenvalue weighted by Crippen LogP contribution is 2.32. The van der Waals surface area contributed by atoms with E-state index < -0.39 is 10.0 Å². The monoisotopic (exact) mass is 297 g/mol. The van der Waals surface area contributed by atoms with Crippen molar-refractivity contribution in [2.45, 2.75) is 4.90 Å². The van der Waals surface area contributed by atoms with Gasteiger partial charge in [0.15, 0.2) is 5.17 Å². The van der Waals surface area contributed by atoms with Crippen LogP contribution < -0.4 is 10.2 Å². The van der Waals surface area contributed by atoms with Gasteiger partial charge in [0.1, 0.15) is 4.90 Å². The third-order valence-corrected chi connectivity index (χ3v) is 4.84. The van der Waals surface area contributed by atoms with Crippen LogP contribution in [0.3, 0.4) is 0 Å². The van der Waals surface area contributed by atoms with Gasteiger partial charge in [-0.3, -0.25) is 0 Å². The number of hydrogen-bond donors (Lipinski definition) is 1.